The summed E-state index contributed by atoms with van der Waals surface area (Å²) in [4.78, 5) is 10.7. The molecule has 90 valence electrons. The van der Waals surface area contributed by atoms with Crippen molar-refractivity contribution < 1.29 is 19.5 Å². The van der Waals surface area contributed by atoms with E-state index in [0.717, 1.165) is 6.54 Å². The molecule has 0 saturated heterocycles. The molecule has 0 aromatic heterocycles. The lowest BCUT2D eigenvalue weighted by atomic mass is 10.3. The zero-order chi connectivity index (χ0) is 11.9. The number of aliphatic hydroxyl groups is 1. The lowest BCUT2D eigenvalue weighted by molar-refractivity contribution is -0.901. The van der Waals surface area contributed by atoms with Crippen LogP contribution in [0.2, 0.25) is 0 Å². The molecule has 0 aromatic carbocycles. The smallest absolute Gasteiger partial charge is 0.359 e. The van der Waals surface area contributed by atoms with Gasteiger partial charge in [0.15, 0.2) is 6.54 Å². The highest BCUT2D eigenvalue weighted by Gasteiger charge is 2.24. The van der Waals surface area contributed by atoms with Gasteiger partial charge in [0.05, 0.1) is 20.2 Å². The minimum atomic E-state index is -0.824. The van der Waals surface area contributed by atoms with E-state index in [1.165, 1.54) is 0 Å². The van der Waals surface area contributed by atoms with Crippen molar-refractivity contribution in [1.82, 2.24) is 5.32 Å². The lowest BCUT2D eigenvalue weighted by Gasteiger charge is -2.32. The van der Waals surface area contributed by atoms with Gasteiger partial charge in [-0.2, -0.15) is 0 Å². The van der Waals surface area contributed by atoms with E-state index < -0.39 is 5.97 Å². The molecular weight excluding hydrogens is 196 g/mol. The number of nitrogens with zero attached hydrogens (tertiary/aromatic N) is 1. The fourth-order valence-corrected chi connectivity index (χ4v) is 1.46. The van der Waals surface area contributed by atoms with E-state index in [1.54, 1.807) is 0 Å². The van der Waals surface area contributed by atoms with Crippen LogP contribution in [0.3, 0.4) is 0 Å². The predicted molar refractivity (Wildman–Crippen MR) is 58.6 cm³/mol. The van der Waals surface area contributed by atoms with Gasteiger partial charge in [0.2, 0.25) is 0 Å². The van der Waals surface area contributed by atoms with Gasteiger partial charge in [-0.3, -0.25) is 0 Å². The average molecular weight is 219 g/mol. The number of nitrogens with one attached hydrogen (secondary N) is 1. The van der Waals surface area contributed by atoms with Crippen LogP contribution in [0.15, 0.2) is 0 Å². The summed E-state index contributed by atoms with van der Waals surface area (Å²) in [6, 6.07) is 0.400. The first-order valence-electron chi connectivity index (χ1n) is 5.29. The fraction of sp³-hybridized carbons (Fsp3) is 0.900. The van der Waals surface area contributed by atoms with Crippen LogP contribution in [0.25, 0.3) is 0 Å². The van der Waals surface area contributed by atoms with E-state index >= 15 is 0 Å². The lowest BCUT2D eigenvalue weighted by Crippen LogP contribution is -2.53. The number of hydrogen-bond acceptors (Lipinski definition) is 3. The summed E-state index contributed by atoms with van der Waals surface area (Å²) in [6.07, 6.45) is 0. The summed E-state index contributed by atoms with van der Waals surface area (Å²) in [7, 11) is 1.85. The van der Waals surface area contributed by atoms with Gasteiger partial charge in [-0.1, -0.05) is 13.8 Å². The van der Waals surface area contributed by atoms with E-state index in [2.05, 4.69) is 5.32 Å². The molecule has 0 aromatic rings. The van der Waals surface area contributed by atoms with Crippen LogP contribution in [0, 0.1) is 0 Å². The molecule has 0 radical (unpaired) electrons. The second kappa shape index (κ2) is 6.76. The predicted octanol–water partition coefficient (Wildman–Crippen LogP) is -0.492. The van der Waals surface area contributed by atoms with Gasteiger partial charge in [-0.25, -0.2) is 4.79 Å². The Kier molecular flexibility index (Phi) is 6.47. The Morgan fingerprint density at radius 2 is 2.00 bits per heavy atom. The van der Waals surface area contributed by atoms with Crippen molar-refractivity contribution >= 4 is 5.97 Å². The maximum Gasteiger partial charge on any atom is 0.359 e. The average Bonchev–Trinajstić information content (AvgIpc) is 2.01. The first-order chi connectivity index (χ1) is 6.89. The molecule has 15 heavy (non-hydrogen) atoms. The number of carboxylic acid groups (broad SMARTS) is 1. The number of likely N-dealkylation sites (N-methyl/N-ethyl adjacent to an activating group) is 1. The minimum absolute atomic E-state index is 0.0193. The number of hydrogen-bond donors (Lipinski definition) is 3. The van der Waals surface area contributed by atoms with Gasteiger partial charge >= 0.3 is 5.97 Å². The second-order valence-electron chi connectivity index (χ2n) is 4.45. The molecule has 0 fully saturated rings. The summed E-state index contributed by atoms with van der Waals surface area (Å²) in [5.41, 5.74) is 0. The number of aliphatic carboxylic acids is 1. The molecule has 0 amide bonds. The molecule has 3 N–H and O–H groups in total. The highest BCUT2D eigenvalue weighted by Crippen LogP contribution is 2.00. The molecule has 0 spiro atoms. The third kappa shape index (κ3) is 7.30. The largest absolute Gasteiger partial charge is 0.477 e. The van der Waals surface area contributed by atoms with Gasteiger partial charge in [-0.05, 0) is 0 Å². The Bertz CT molecular complexity index is 197. The summed E-state index contributed by atoms with van der Waals surface area (Å²) in [5.74, 6) is -0.824. The maximum absolute atomic E-state index is 10.7. The molecule has 1 atom stereocenters. The normalized spacial score (nSPS) is 15.3. The summed E-state index contributed by atoms with van der Waals surface area (Å²) in [6.45, 7) is 6.13. The Balaban J connectivity index is 4.06. The molecule has 0 rings (SSSR count). The molecule has 0 bridgehead atoms. The maximum atomic E-state index is 10.7. The zero-order valence-electron chi connectivity index (χ0n) is 9.86. The number of carboxylic acids is 1. The van der Waals surface area contributed by atoms with Gasteiger partial charge < -0.3 is 20.0 Å². The Morgan fingerprint density at radius 1 is 1.40 bits per heavy atom. The van der Waals surface area contributed by atoms with E-state index in [4.69, 9.17) is 10.2 Å². The number of aliphatic hydroxyl groups excluding tert-OH is 1. The summed E-state index contributed by atoms with van der Waals surface area (Å²) >= 11 is 0. The van der Waals surface area contributed by atoms with Crippen LogP contribution in [0.1, 0.15) is 13.8 Å². The van der Waals surface area contributed by atoms with E-state index in [-0.39, 0.29) is 13.2 Å². The summed E-state index contributed by atoms with van der Waals surface area (Å²) < 4.78 is 0.367. The minimum Gasteiger partial charge on any atom is -0.477 e. The Labute approximate surface area is 91.3 Å². The first-order valence-corrected chi connectivity index (χ1v) is 5.29. The molecule has 0 aliphatic heterocycles. The van der Waals surface area contributed by atoms with Crippen molar-refractivity contribution in [3.63, 3.8) is 0 Å². The molecule has 5 heteroatoms. The highest BCUT2D eigenvalue weighted by atomic mass is 16.4. The van der Waals surface area contributed by atoms with Crippen LogP contribution in [0.4, 0.5) is 0 Å². The van der Waals surface area contributed by atoms with Crippen molar-refractivity contribution in [3.8, 4) is 0 Å². The fourth-order valence-electron chi connectivity index (χ4n) is 1.46. The molecule has 0 aliphatic rings. The van der Waals surface area contributed by atoms with Crippen molar-refractivity contribution in [2.75, 3.05) is 39.8 Å². The van der Waals surface area contributed by atoms with Gasteiger partial charge in [0, 0.05) is 12.6 Å². The number of quaternary nitrogens is 1. The highest BCUT2D eigenvalue weighted by molar-refractivity contribution is 5.67. The molecule has 0 aliphatic carbocycles. The van der Waals surface area contributed by atoms with Crippen molar-refractivity contribution in [3.05, 3.63) is 0 Å². The molecule has 0 heterocycles. The number of rotatable bonds is 8. The van der Waals surface area contributed by atoms with E-state index in [0.29, 0.717) is 23.6 Å². The van der Waals surface area contributed by atoms with Crippen LogP contribution in [-0.4, -0.2) is 66.5 Å². The van der Waals surface area contributed by atoms with Crippen LogP contribution in [-0.2, 0) is 4.79 Å². The molecule has 5 nitrogen and oxygen atoms in total. The third-order valence-corrected chi connectivity index (χ3v) is 2.36. The second-order valence-corrected chi connectivity index (χ2v) is 4.45. The first kappa shape index (κ1) is 14.3. The quantitative estimate of drug-likeness (QED) is 0.482. The van der Waals surface area contributed by atoms with Crippen LogP contribution >= 0.6 is 0 Å². The SMILES string of the molecule is CC(C)NCC[N+](C)(CCO)CC(=O)O. The molecular formula is C10H23N2O3+. The summed E-state index contributed by atoms with van der Waals surface area (Å²) in [5, 5.41) is 20.9. The monoisotopic (exact) mass is 219 g/mol. The van der Waals surface area contributed by atoms with Gasteiger partial charge in [-0.15, -0.1) is 0 Å². The van der Waals surface area contributed by atoms with Crippen LogP contribution < -0.4 is 5.32 Å². The molecule has 0 saturated carbocycles. The van der Waals surface area contributed by atoms with Crippen molar-refractivity contribution in [2.24, 2.45) is 0 Å². The van der Waals surface area contributed by atoms with Crippen LogP contribution in [0.5, 0.6) is 0 Å². The Morgan fingerprint density at radius 3 is 2.40 bits per heavy atom. The zero-order valence-corrected chi connectivity index (χ0v) is 9.86. The molecule has 1 unspecified atom stereocenters. The number of carbonyl (C=O) groups is 1. The third-order valence-electron chi connectivity index (χ3n) is 2.36. The van der Waals surface area contributed by atoms with Crippen molar-refractivity contribution in [1.29, 1.82) is 0 Å². The Hall–Kier alpha value is -0.650. The van der Waals surface area contributed by atoms with Gasteiger partial charge in [0.25, 0.3) is 0 Å². The standard InChI is InChI=1S/C10H22N2O3/c1-9(2)11-4-5-12(3,6-7-13)8-10(14)15/h9,11,13H,4-8H2,1-3H3/p+1. The topological polar surface area (TPSA) is 69.6 Å². The van der Waals surface area contributed by atoms with Gasteiger partial charge in [0.1, 0.15) is 6.54 Å². The van der Waals surface area contributed by atoms with E-state index in [9.17, 15) is 4.79 Å². The van der Waals surface area contributed by atoms with E-state index in [1.807, 2.05) is 20.9 Å². The van der Waals surface area contributed by atoms with Crippen molar-refractivity contribution in [2.45, 2.75) is 19.9 Å².